The number of aliphatic hydroxyl groups excluding tert-OH is 1. The van der Waals surface area contributed by atoms with Gasteiger partial charge >= 0.3 is 0 Å². The van der Waals surface area contributed by atoms with Gasteiger partial charge in [0, 0.05) is 12.1 Å². The van der Waals surface area contributed by atoms with Crippen LogP contribution < -0.4 is 4.74 Å². The minimum Gasteiger partial charge on any atom is -0.507 e. The number of phenolic OH excluding ortho intramolecular Hbond substituents is 1. The van der Waals surface area contributed by atoms with Crippen molar-refractivity contribution in [2.75, 3.05) is 13.7 Å². The second kappa shape index (κ2) is 9.48. The van der Waals surface area contributed by atoms with Crippen LogP contribution in [0.15, 0.2) is 54.1 Å². The molecular formula is C24H27NO5. The standard InChI is InChI=1S/C24H27NO5/c1-3-4-5-9-14-25-21(17-12-13-18(26)19(15-17)30-2)20(23(28)24(25)29)22(27)16-10-7-6-8-11-16/h6-8,10-13,15,21,26-27H,3-5,9,14H2,1-2H3/b22-20-. The quantitative estimate of drug-likeness (QED) is 0.292. The maximum atomic E-state index is 12.9. The molecule has 0 aromatic heterocycles. The molecule has 2 aromatic rings. The second-order valence-corrected chi connectivity index (χ2v) is 7.35. The van der Waals surface area contributed by atoms with Crippen molar-refractivity contribution in [1.29, 1.82) is 0 Å². The second-order valence-electron chi connectivity index (χ2n) is 7.35. The van der Waals surface area contributed by atoms with Gasteiger partial charge in [-0.25, -0.2) is 0 Å². The van der Waals surface area contributed by atoms with Crippen molar-refractivity contribution >= 4 is 17.4 Å². The van der Waals surface area contributed by atoms with E-state index in [0.29, 0.717) is 17.7 Å². The smallest absolute Gasteiger partial charge is 0.295 e. The first-order valence-corrected chi connectivity index (χ1v) is 10.2. The van der Waals surface area contributed by atoms with Gasteiger partial charge in [0.2, 0.25) is 0 Å². The minimum atomic E-state index is -0.749. The van der Waals surface area contributed by atoms with Crippen LogP contribution in [0.4, 0.5) is 0 Å². The van der Waals surface area contributed by atoms with Crippen molar-refractivity contribution in [2.45, 2.75) is 38.6 Å². The van der Waals surface area contributed by atoms with Crippen molar-refractivity contribution in [3.05, 3.63) is 65.2 Å². The molecule has 6 nitrogen and oxygen atoms in total. The van der Waals surface area contributed by atoms with Gasteiger partial charge < -0.3 is 19.8 Å². The van der Waals surface area contributed by atoms with Gasteiger partial charge in [0.25, 0.3) is 11.7 Å². The largest absolute Gasteiger partial charge is 0.507 e. The van der Waals surface area contributed by atoms with Gasteiger partial charge in [-0.2, -0.15) is 0 Å². The number of nitrogens with zero attached hydrogens (tertiary/aromatic N) is 1. The van der Waals surface area contributed by atoms with Crippen LogP contribution >= 0.6 is 0 Å². The molecule has 0 aliphatic carbocycles. The molecule has 6 heteroatoms. The fourth-order valence-electron chi connectivity index (χ4n) is 3.78. The van der Waals surface area contributed by atoms with Crippen LogP contribution in [-0.4, -0.2) is 40.5 Å². The number of benzene rings is 2. The van der Waals surface area contributed by atoms with Gasteiger partial charge in [-0.05, 0) is 24.1 Å². The van der Waals surface area contributed by atoms with E-state index in [9.17, 15) is 19.8 Å². The Morgan fingerprint density at radius 1 is 1.07 bits per heavy atom. The van der Waals surface area contributed by atoms with Crippen molar-refractivity contribution in [3.63, 3.8) is 0 Å². The molecule has 0 radical (unpaired) electrons. The van der Waals surface area contributed by atoms with E-state index in [1.54, 1.807) is 36.4 Å². The Balaban J connectivity index is 2.10. The molecular weight excluding hydrogens is 382 g/mol. The van der Waals surface area contributed by atoms with Crippen LogP contribution in [0.5, 0.6) is 11.5 Å². The van der Waals surface area contributed by atoms with Gasteiger partial charge in [-0.1, -0.05) is 62.6 Å². The number of aromatic hydroxyl groups is 1. The molecule has 158 valence electrons. The van der Waals surface area contributed by atoms with E-state index in [2.05, 4.69) is 6.92 Å². The van der Waals surface area contributed by atoms with E-state index in [1.807, 2.05) is 6.07 Å². The predicted molar refractivity (Wildman–Crippen MR) is 114 cm³/mol. The molecule has 0 saturated carbocycles. The van der Waals surface area contributed by atoms with Crippen molar-refractivity contribution in [3.8, 4) is 11.5 Å². The molecule has 0 spiro atoms. The summed E-state index contributed by atoms with van der Waals surface area (Å²) in [6.07, 6.45) is 3.82. The number of hydrogen-bond donors (Lipinski definition) is 2. The Morgan fingerprint density at radius 2 is 1.80 bits per heavy atom. The number of amides is 1. The Morgan fingerprint density at radius 3 is 2.47 bits per heavy atom. The van der Waals surface area contributed by atoms with Crippen LogP contribution in [0.25, 0.3) is 5.76 Å². The lowest BCUT2D eigenvalue weighted by Gasteiger charge is -2.25. The van der Waals surface area contributed by atoms with Crippen molar-refractivity contribution in [2.24, 2.45) is 0 Å². The summed E-state index contributed by atoms with van der Waals surface area (Å²) in [4.78, 5) is 27.3. The average molecular weight is 409 g/mol. The first kappa shape index (κ1) is 21.4. The molecule has 0 bridgehead atoms. The van der Waals surface area contributed by atoms with E-state index >= 15 is 0 Å². The lowest BCUT2D eigenvalue weighted by atomic mass is 9.95. The number of phenols is 1. The van der Waals surface area contributed by atoms with Gasteiger partial charge in [0.05, 0.1) is 18.7 Å². The van der Waals surface area contributed by atoms with Gasteiger partial charge in [-0.15, -0.1) is 0 Å². The number of carbonyl (C=O) groups is 2. The zero-order valence-electron chi connectivity index (χ0n) is 17.3. The summed E-state index contributed by atoms with van der Waals surface area (Å²) in [5.74, 6) is -1.33. The molecule has 2 N–H and O–H groups in total. The summed E-state index contributed by atoms with van der Waals surface area (Å²) in [5, 5.41) is 20.9. The highest BCUT2D eigenvalue weighted by Gasteiger charge is 2.45. The summed E-state index contributed by atoms with van der Waals surface area (Å²) < 4.78 is 5.21. The predicted octanol–water partition coefficient (Wildman–Crippen LogP) is 4.40. The molecule has 2 aromatic carbocycles. The first-order chi connectivity index (χ1) is 14.5. The summed E-state index contributed by atoms with van der Waals surface area (Å²) in [6, 6.07) is 12.7. The van der Waals surface area contributed by atoms with Crippen LogP contribution in [0.3, 0.4) is 0 Å². The molecule has 1 aliphatic rings. The number of likely N-dealkylation sites (tertiary alicyclic amines) is 1. The SMILES string of the molecule is CCCCCCN1C(=O)C(=O)/C(=C(\O)c2ccccc2)C1c1ccc(O)c(OC)c1. The third-order valence-corrected chi connectivity index (χ3v) is 5.36. The zero-order chi connectivity index (χ0) is 21.7. The molecule has 3 rings (SSSR count). The molecule has 1 saturated heterocycles. The summed E-state index contributed by atoms with van der Waals surface area (Å²) in [5.41, 5.74) is 1.11. The number of ether oxygens (including phenoxy) is 1. The van der Waals surface area contributed by atoms with Crippen LogP contribution in [0, 0.1) is 0 Å². The number of ketones is 1. The fraction of sp³-hybridized carbons (Fsp3) is 0.333. The molecule has 1 heterocycles. The summed E-state index contributed by atoms with van der Waals surface area (Å²) in [7, 11) is 1.44. The van der Waals surface area contributed by atoms with Gasteiger partial charge in [-0.3, -0.25) is 9.59 Å². The summed E-state index contributed by atoms with van der Waals surface area (Å²) >= 11 is 0. The topological polar surface area (TPSA) is 87.1 Å². The number of methoxy groups -OCH3 is 1. The van der Waals surface area contributed by atoms with Crippen molar-refractivity contribution < 1.29 is 24.5 Å². The number of unbranched alkanes of at least 4 members (excludes halogenated alkanes) is 3. The lowest BCUT2D eigenvalue weighted by molar-refractivity contribution is -0.139. The third kappa shape index (κ3) is 4.17. The number of carbonyl (C=O) groups excluding carboxylic acids is 2. The Hall–Kier alpha value is -3.28. The highest BCUT2D eigenvalue weighted by molar-refractivity contribution is 6.46. The maximum Gasteiger partial charge on any atom is 0.295 e. The Labute approximate surface area is 176 Å². The molecule has 1 unspecified atom stereocenters. The zero-order valence-corrected chi connectivity index (χ0v) is 17.3. The van der Waals surface area contributed by atoms with Crippen LogP contribution in [-0.2, 0) is 9.59 Å². The third-order valence-electron chi connectivity index (χ3n) is 5.36. The number of aliphatic hydroxyl groups is 1. The lowest BCUT2D eigenvalue weighted by Crippen LogP contribution is -2.30. The first-order valence-electron chi connectivity index (χ1n) is 10.2. The van der Waals surface area contributed by atoms with Gasteiger partial charge in [0.15, 0.2) is 11.5 Å². The monoisotopic (exact) mass is 409 g/mol. The number of Topliss-reactive ketones (excluding diaryl/α,β-unsaturated/α-hetero) is 1. The summed E-state index contributed by atoms with van der Waals surface area (Å²) in [6.45, 7) is 2.51. The van der Waals surface area contributed by atoms with E-state index < -0.39 is 17.7 Å². The molecule has 1 fully saturated rings. The maximum absolute atomic E-state index is 12.9. The Bertz CT molecular complexity index is 951. The molecule has 30 heavy (non-hydrogen) atoms. The molecule has 1 aliphatic heterocycles. The van der Waals surface area contributed by atoms with Crippen LogP contribution in [0.2, 0.25) is 0 Å². The fourth-order valence-corrected chi connectivity index (χ4v) is 3.78. The van der Waals surface area contributed by atoms with E-state index in [4.69, 9.17) is 4.74 Å². The van der Waals surface area contributed by atoms with Gasteiger partial charge in [0.1, 0.15) is 5.76 Å². The number of rotatable bonds is 8. The normalized spacial score (nSPS) is 18.1. The highest BCUT2D eigenvalue weighted by atomic mass is 16.5. The molecule has 1 atom stereocenters. The average Bonchev–Trinajstić information content (AvgIpc) is 3.02. The molecule has 1 amide bonds. The van der Waals surface area contributed by atoms with E-state index in [-0.39, 0.29) is 22.8 Å². The number of hydrogen-bond acceptors (Lipinski definition) is 5. The highest BCUT2D eigenvalue weighted by Crippen LogP contribution is 2.41. The minimum absolute atomic E-state index is 0.0378. The Kier molecular flexibility index (Phi) is 6.77. The van der Waals surface area contributed by atoms with E-state index in [0.717, 1.165) is 25.7 Å². The van der Waals surface area contributed by atoms with E-state index in [1.165, 1.54) is 18.1 Å². The van der Waals surface area contributed by atoms with Crippen molar-refractivity contribution in [1.82, 2.24) is 4.90 Å². The van der Waals surface area contributed by atoms with Crippen LogP contribution in [0.1, 0.15) is 49.8 Å².